The monoisotopic (exact) mass is 137 g/mol. The van der Waals surface area contributed by atoms with Crippen LogP contribution in [0.2, 0.25) is 6.32 Å². The minimum Gasteiger partial charge on any atom is -0.317 e. The van der Waals surface area contributed by atoms with E-state index in [1.807, 2.05) is 0 Å². The largest absolute Gasteiger partial charge is 0.317 e. The van der Waals surface area contributed by atoms with Crippen molar-refractivity contribution in [3.05, 3.63) is 0 Å². The Morgan fingerprint density at radius 2 is 2.00 bits per heavy atom. The van der Waals surface area contributed by atoms with Crippen molar-refractivity contribution in [2.45, 2.75) is 26.1 Å². The molecule has 0 aromatic carbocycles. The molecular formula is C6H18B3N. The second kappa shape index (κ2) is 9.15. The van der Waals surface area contributed by atoms with E-state index in [2.05, 4.69) is 20.0 Å². The van der Waals surface area contributed by atoms with Gasteiger partial charge in [0.1, 0.15) is 0 Å². The van der Waals surface area contributed by atoms with E-state index in [0.29, 0.717) is 0 Å². The molecule has 1 heterocycles. The molecule has 0 radical (unpaired) electrons. The van der Waals surface area contributed by atoms with E-state index in [0.717, 1.165) is 0 Å². The molecule has 10 heavy (non-hydrogen) atoms. The maximum atomic E-state index is 3.22. The molecule has 1 aliphatic rings. The van der Waals surface area contributed by atoms with E-state index in [9.17, 15) is 0 Å². The van der Waals surface area contributed by atoms with Crippen molar-refractivity contribution in [2.75, 3.05) is 13.1 Å². The average Bonchev–Trinajstić information content (AvgIpc) is 2.44. The van der Waals surface area contributed by atoms with Crippen molar-refractivity contribution in [2.24, 2.45) is 0 Å². The van der Waals surface area contributed by atoms with Crippen LogP contribution in [-0.4, -0.2) is 35.1 Å². The van der Waals surface area contributed by atoms with Crippen LogP contribution < -0.4 is 5.32 Å². The zero-order chi connectivity index (χ0) is 7.66. The summed E-state index contributed by atoms with van der Waals surface area (Å²) in [7, 11) is 4.94. The summed E-state index contributed by atoms with van der Waals surface area (Å²) >= 11 is 0. The van der Waals surface area contributed by atoms with Crippen LogP contribution >= 0.6 is 0 Å². The molecule has 56 valence electrons. The van der Waals surface area contributed by atoms with Gasteiger partial charge in [-0.05, 0) is 25.9 Å². The summed E-state index contributed by atoms with van der Waals surface area (Å²) in [4.78, 5) is 0. The highest BCUT2D eigenvalue weighted by atomic mass is 14.9. The smallest absolute Gasteiger partial charge is 0.0776 e. The quantitative estimate of drug-likeness (QED) is 0.487. The molecule has 1 rings (SSSR count). The van der Waals surface area contributed by atoms with Crippen molar-refractivity contribution in [3.8, 4) is 0 Å². The minimum atomic E-state index is 1.25. The standard InChI is InChI=1S/C4H9N.C2H9B3/c1-2-4-5-3-1;1-2-4-5-3/h5H,1-4H2;4-5H,2-3H2,1H3. The predicted octanol–water partition coefficient (Wildman–Crippen LogP) is -0.869. The van der Waals surface area contributed by atoms with Crippen LogP contribution in [0.3, 0.4) is 0 Å². The number of hydrogen-bond acceptors (Lipinski definition) is 1. The van der Waals surface area contributed by atoms with Gasteiger partial charge in [0.05, 0.1) is 22.0 Å². The third-order valence-corrected chi connectivity index (χ3v) is 1.66. The van der Waals surface area contributed by atoms with E-state index in [4.69, 9.17) is 0 Å². The van der Waals surface area contributed by atoms with Gasteiger partial charge in [0, 0.05) is 0 Å². The molecule has 1 fully saturated rings. The van der Waals surface area contributed by atoms with E-state index >= 15 is 0 Å². The first-order valence-corrected chi connectivity index (χ1v) is 4.62. The van der Waals surface area contributed by atoms with Gasteiger partial charge >= 0.3 is 0 Å². The molecule has 0 bridgehead atoms. The summed E-state index contributed by atoms with van der Waals surface area (Å²) in [5, 5.41) is 3.22. The molecule has 0 aromatic heterocycles. The van der Waals surface area contributed by atoms with Crippen LogP contribution in [0.25, 0.3) is 0 Å². The normalized spacial score (nSPS) is 15.3. The molecule has 1 saturated heterocycles. The number of nitrogens with one attached hydrogen (secondary N) is 1. The van der Waals surface area contributed by atoms with Gasteiger partial charge in [-0.3, -0.25) is 0 Å². The van der Waals surface area contributed by atoms with Crippen LogP contribution in [0.4, 0.5) is 0 Å². The molecule has 0 atom stereocenters. The molecule has 4 heteroatoms. The summed E-state index contributed by atoms with van der Waals surface area (Å²) in [5.74, 6) is 0. The van der Waals surface area contributed by atoms with Gasteiger partial charge in [-0.2, -0.15) is 0 Å². The second-order valence-corrected chi connectivity index (χ2v) is 2.81. The minimum absolute atomic E-state index is 1.25. The Labute approximate surface area is 67.2 Å². The van der Waals surface area contributed by atoms with Gasteiger partial charge in [0.2, 0.25) is 0 Å². The topological polar surface area (TPSA) is 12.0 Å². The Balaban J connectivity index is 0.000000162. The zero-order valence-electron chi connectivity index (χ0n) is 7.45. The van der Waals surface area contributed by atoms with Crippen LogP contribution in [0, 0.1) is 0 Å². The van der Waals surface area contributed by atoms with Crippen molar-refractivity contribution in [1.29, 1.82) is 0 Å². The van der Waals surface area contributed by atoms with Gasteiger partial charge < -0.3 is 5.32 Å². The lowest BCUT2D eigenvalue weighted by molar-refractivity contribution is 0.857. The van der Waals surface area contributed by atoms with Gasteiger partial charge in [-0.1, -0.05) is 13.2 Å². The number of hydrogen-bond donors (Lipinski definition) is 1. The average molecular weight is 137 g/mol. The van der Waals surface area contributed by atoms with Crippen molar-refractivity contribution in [1.82, 2.24) is 5.32 Å². The molecule has 0 unspecified atom stereocenters. The first-order valence-electron chi connectivity index (χ1n) is 4.62. The highest BCUT2D eigenvalue weighted by Gasteiger charge is 1.93. The maximum Gasteiger partial charge on any atom is 0.0776 e. The summed E-state index contributed by atoms with van der Waals surface area (Å²) in [6.45, 7) is 4.71. The Bertz CT molecular complexity index is 47.3. The third kappa shape index (κ3) is 8.15. The van der Waals surface area contributed by atoms with E-state index < -0.39 is 0 Å². The molecule has 0 spiro atoms. The van der Waals surface area contributed by atoms with Crippen LogP contribution in [0.1, 0.15) is 19.8 Å². The van der Waals surface area contributed by atoms with E-state index in [1.165, 1.54) is 46.5 Å². The first-order chi connectivity index (χ1) is 4.91. The molecular weight excluding hydrogens is 119 g/mol. The lowest BCUT2D eigenvalue weighted by Crippen LogP contribution is -2.03. The second-order valence-electron chi connectivity index (χ2n) is 2.81. The molecule has 0 aliphatic carbocycles. The molecule has 1 N–H and O–H groups in total. The molecule has 0 amide bonds. The van der Waals surface area contributed by atoms with Crippen molar-refractivity contribution < 1.29 is 0 Å². The molecule has 1 aliphatic heterocycles. The van der Waals surface area contributed by atoms with Gasteiger partial charge in [-0.15, -0.1) is 0 Å². The Hall–Kier alpha value is 0.155. The van der Waals surface area contributed by atoms with Crippen molar-refractivity contribution >= 4 is 22.0 Å². The SMILES string of the molecule is BBBCC.C1CCNC1. The fraction of sp³-hybridized carbons (Fsp3) is 1.00. The van der Waals surface area contributed by atoms with Crippen LogP contribution in [0.5, 0.6) is 0 Å². The van der Waals surface area contributed by atoms with Crippen LogP contribution in [0.15, 0.2) is 0 Å². The molecule has 0 saturated carbocycles. The Kier molecular flexibility index (Phi) is 9.30. The third-order valence-electron chi connectivity index (χ3n) is 1.66. The summed E-state index contributed by atoms with van der Waals surface area (Å²) in [6.07, 6.45) is 4.12. The lowest BCUT2D eigenvalue weighted by Gasteiger charge is -1.76. The Morgan fingerprint density at radius 3 is 2.10 bits per heavy atom. The first kappa shape index (κ1) is 10.2. The Morgan fingerprint density at radius 1 is 1.40 bits per heavy atom. The van der Waals surface area contributed by atoms with Gasteiger partial charge in [-0.25, -0.2) is 0 Å². The summed E-state index contributed by atoms with van der Waals surface area (Å²) in [5.41, 5.74) is 0. The molecule has 1 nitrogen and oxygen atoms in total. The predicted molar refractivity (Wildman–Crippen MR) is 55.4 cm³/mol. The maximum absolute atomic E-state index is 3.22. The summed E-state index contributed by atoms with van der Waals surface area (Å²) in [6, 6.07) is 0. The highest BCUT2D eigenvalue weighted by molar-refractivity contribution is 7.23. The van der Waals surface area contributed by atoms with Gasteiger partial charge in [0.25, 0.3) is 0 Å². The highest BCUT2D eigenvalue weighted by Crippen LogP contribution is 1.90. The summed E-state index contributed by atoms with van der Waals surface area (Å²) < 4.78 is 0. The number of rotatable bonds is 2. The fourth-order valence-corrected chi connectivity index (χ4v) is 0.979. The van der Waals surface area contributed by atoms with E-state index in [1.54, 1.807) is 0 Å². The van der Waals surface area contributed by atoms with Gasteiger partial charge in [0.15, 0.2) is 0 Å². The van der Waals surface area contributed by atoms with Crippen molar-refractivity contribution in [3.63, 3.8) is 0 Å². The van der Waals surface area contributed by atoms with E-state index in [-0.39, 0.29) is 0 Å². The fourth-order valence-electron chi connectivity index (χ4n) is 0.979. The van der Waals surface area contributed by atoms with Crippen LogP contribution in [-0.2, 0) is 0 Å². The zero-order valence-corrected chi connectivity index (χ0v) is 7.45. The molecule has 0 aromatic rings. The lowest BCUT2D eigenvalue weighted by atomic mass is 9.27.